The molecular formula is C26H30N8O13S4. The lowest BCUT2D eigenvalue weighted by atomic mass is 10.1. The summed E-state index contributed by atoms with van der Waals surface area (Å²) >= 11 is 12.5. The molecule has 2 saturated heterocycles. The van der Waals surface area contributed by atoms with Crippen molar-refractivity contribution in [1.82, 2.24) is 29.1 Å². The minimum atomic E-state index is -1.31. The van der Waals surface area contributed by atoms with Crippen LogP contribution in [0, 0.1) is 7.91 Å². The molecule has 25 heteroatoms. The second-order valence-electron chi connectivity index (χ2n) is 10.9. The van der Waals surface area contributed by atoms with Gasteiger partial charge in [-0.2, -0.15) is 9.97 Å². The van der Waals surface area contributed by atoms with Gasteiger partial charge in [0.15, 0.2) is 43.9 Å². The smallest absolute Gasteiger partial charge is 0.303 e. The maximum Gasteiger partial charge on any atom is 0.303 e. The average molecular weight is 791 g/mol. The Morgan fingerprint density at radius 3 is 1.73 bits per heavy atom. The maximum absolute atomic E-state index is 12.2. The molecule has 51 heavy (non-hydrogen) atoms. The highest BCUT2D eigenvalue weighted by atomic mass is 32.2. The average Bonchev–Trinajstić information content (AvgIpc) is 3.73. The Kier molecular flexibility index (Phi) is 11.3. The largest absolute Gasteiger partial charge is 0.463 e. The Labute approximate surface area is 302 Å². The summed E-state index contributed by atoms with van der Waals surface area (Å²) in [6.45, 7) is 2.83. The van der Waals surface area contributed by atoms with Crippen molar-refractivity contribution >= 4 is 97.6 Å². The molecule has 0 bridgehead atoms. The van der Waals surface area contributed by atoms with Crippen molar-refractivity contribution in [2.24, 2.45) is 0 Å². The van der Waals surface area contributed by atoms with Gasteiger partial charge in [-0.15, -0.1) is 0 Å². The van der Waals surface area contributed by atoms with Gasteiger partial charge in [0.1, 0.15) is 40.4 Å². The number of nitrogens with zero attached hydrogens (tertiary/aromatic N) is 4. The molecule has 2 aliphatic heterocycles. The lowest BCUT2D eigenvalue weighted by Gasteiger charge is -2.23. The number of hydrogen-bond acceptors (Lipinski definition) is 21. The number of nitrogens with two attached hydrogens (primary N) is 2. The minimum absolute atomic E-state index is 0.0965. The molecule has 0 saturated carbocycles. The monoisotopic (exact) mass is 790 g/mol. The van der Waals surface area contributed by atoms with E-state index < -0.39 is 84.7 Å². The third-order valence-corrected chi connectivity index (χ3v) is 10.1. The van der Waals surface area contributed by atoms with Crippen LogP contribution in [-0.2, 0) is 38.1 Å². The number of H-pyrrole nitrogens is 2. The molecule has 0 unspecified atom stereocenters. The van der Waals surface area contributed by atoms with Crippen molar-refractivity contribution < 1.29 is 53.4 Å². The summed E-state index contributed by atoms with van der Waals surface area (Å²) in [6, 6.07) is 0. The lowest BCUT2D eigenvalue weighted by Crippen LogP contribution is -2.40. The molecule has 0 amide bonds. The fraction of sp³-hybridized carbons (Fsp3) is 0.500. The van der Waals surface area contributed by atoms with Crippen LogP contribution in [0.15, 0.2) is 9.59 Å². The number of rotatable bonds is 7. The van der Waals surface area contributed by atoms with E-state index in [9.17, 15) is 34.2 Å². The highest BCUT2D eigenvalue weighted by molar-refractivity contribution is 7.74. The summed E-state index contributed by atoms with van der Waals surface area (Å²) in [6.07, 6.45) is -8.92. The van der Waals surface area contributed by atoms with E-state index in [0.29, 0.717) is 0 Å². The van der Waals surface area contributed by atoms with Gasteiger partial charge in [0, 0.05) is 20.8 Å². The molecule has 4 aromatic rings. The normalized spacial score (nSPS) is 25.8. The number of aliphatic hydroxyl groups excluding tert-OH is 3. The van der Waals surface area contributed by atoms with Crippen molar-refractivity contribution in [3.8, 4) is 0 Å². The van der Waals surface area contributed by atoms with E-state index in [0.717, 1.165) is 22.7 Å². The molecule has 0 aliphatic carbocycles. The summed E-state index contributed by atoms with van der Waals surface area (Å²) < 4.78 is 30.6. The molecule has 9 N–H and O–H groups in total. The second kappa shape index (κ2) is 15.2. The molecule has 0 radical (unpaired) electrons. The third-order valence-electron chi connectivity index (χ3n) is 7.35. The number of thiazole rings is 2. The zero-order valence-electron chi connectivity index (χ0n) is 26.5. The lowest BCUT2D eigenvalue weighted by molar-refractivity contribution is -0.166. The van der Waals surface area contributed by atoms with E-state index in [1.54, 1.807) is 0 Å². The van der Waals surface area contributed by atoms with Gasteiger partial charge in [-0.05, 0) is 24.4 Å². The number of aromatic amines is 2. The number of aromatic nitrogens is 6. The van der Waals surface area contributed by atoms with Crippen LogP contribution in [0.1, 0.15) is 33.2 Å². The number of nitrogens with one attached hydrogen (secondary N) is 2. The van der Waals surface area contributed by atoms with Gasteiger partial charge in [0.05, 0.1) is 6.61 Å². The third kappa shape index (κ3) is 7.70. The maximum atomic E-state index is 12.2. The molecule has 2 aliphatic rings. The Bertz CT molecular complexity index is 2230. The Morgan fingerprint density at radius 1 is 0.804 bits per heavy atom. The van der Waals surface area contributed by atoms with Crippen LogP contribution in [0.25, 0.3) is 20.7 Å². The molecule has 8 atom stereocenters. The fourth-order valence-corrected chi connectivity index (χ4v) is 7.90. The van der Waals surface area contributed by atoms with Crippen molar-refractivity contribution in [2.75, 3.05) is 24.7 Å². The van der Waals surface area contributed by atoms with Crippen molar-refractivity contribution in [1.29, 1.82) is 0 Å². The molecule has 21 nitrogen and oxygen atoms in total. The molecule has 276 valence electrons. The van der Waals surface area contributed by atoms with Gasteiger partial charge in [-0.1, -0.05) is 22.7 Å². The summed E-state index contributed by atoms with van der Waals surface area (Å²) in [5, 5.41) is 29.0. The first kappa shape index (κ1) is 38.0. The summed E-state index contributed by atoms with van der Waals surface area (Å²) in [5.74, 6) is -2.15. The fourth-order valence-electron chi connectivity index (χ4n) is 5.33. The van der Waals surface area contributed by atoms with E-state index in [-0.39, 0.29) is 47.1 Å². The molecule has 0 spiro atoms. The molecule has 0 aromatic carbocycles. The predicted molar refractivity (Wildman–Crippen MR) is 182 cm³/mol. The van der Waals surface area contributed by atoms with Gasteiger partial charge >= 0.3 is 17.9 Å². The van der Waals surface area contributed by atoms with E-state index in [1.165, 1.54) is 29.9 Å². The number of esters is 3. The van der Waals surface area contributed by atoms with E-state index in [2.05, 4.69) is 19.9 Å². The first-order valence-electron chi connectivity index (χ1n) is 14.6. The predicted octanol–water partition coefficient (Wildman–Crippen LogP) is -0.869. The number of carbonyl (C=O) groups is 3. The molecule has 6 rings (SSSR count). The minimum Gasteiger partial charge on any atom is -0.463 e. The Morgan fingerprint density at radius 2 is 1.27 bits per heavy atom. The Balaban J connectivity index is 0.000000210. The molecule has 2 fully saturated rings. The summed E-state index contributed by atoms with van der Waals surface area (Å²) in [7, 11) is 0. The zero-order chi connectivity index (χ0) is 37.5. The van der Waals surface area contributed by atoms with Crippen molar-refractivity contribution in [3.63, 3.8) is 0 Å². The van der Waals surface area contributed by atoms with Crippen LogP contribution in [0.3, 0.4) is 0 Å². The van der Waals surface area contributed by atoms with Crippen LogP contribution in [0.5, 0.6) is 0 Å². The van der Waals surface area contributed by atoms with E-state index in [4.69, 9.17) is 64.7 Å². The second-order valence-corrected chi connectivity index (χ2v) is 14.2. The number of carbonyl (C=O) groups excluding carboxylic acids is 3. The van der Waals surface area contributed by atoms with Crippen LogP contribution in [-0.4, -0.2) is 112 Å². The summed E-state index contributed by atoms with van der Waals surface area (Å²) in [4.78, 5) is 71.5. The number of ether oxygens (including phenoxy) is 5. The first-order valence-corrected chi connectivity index (χ1v) is 17.0. The number of aliphatic hydroxyl groups is 3. The van der Waals surface area contributed by atoms with Crippen LogP contribution in [0.4, 0.5) is 11.9 Å². The number of anilines is 2. The van der Waals surface area contributed by atoms with E-state index in [1.807, 2.05) is 0 Å². The number of fused-ring (bicyclic) bond motifs is 2. The van der Waals surface area contributed by atoms with Crippen molar-refractivity contribution in [3.05, 3.63) is 28.6 Å². The standard InChI is InChI=1S/C16H18N4O8S2.C10H12N4O5S2/c1-5(21)25-4-8-9(26-6(2)22)10(27-7(3)23)14(28-8)20-12-11(30-16(20)29)13(24)19-15(17)18-12;11-9-12-6-5(7(18)13-9)21-10(20)14(6)8-4(17)3(16)2(1-15)19-8/h8-10,14H,4H2,1-3H3,(H3,17,18,19,24);2-4,8,15-17H,1H2,(H3,11,12,13,18)/t8-,9-,10-,14-;2-,3-,4-,8-/m11/s1. The zero-order valence-corrected chi connectivity index (χ0v) is 29.8. The van der Waals surface area contributed by atoms with E-state index >= 15 is 0 Å². The van der Waals surface area contributed by atoms with Crippen molar-refractivity contribution in [2.45, 2.75) is 69.9 Å². The molecule has 6 heterocycles. The number of nitrogen functional groups attached to an aromatic ring is 2. The van der Waals surface area contributed by atoms with Gasteiger partial charge in [-0.25, -0.2) is 0 Å². The van der Waals surface area contributed by atoms with Crippen LogP contribution in [0.2, 0.25) is 0 Å². The van der Waals surface area contributed by atoms with Gasteiger partial charge < -0.3 is 50.5 Å². The number of hydrogen-bond donors (Lipinski definition) is 7. The molecule has 4 aromatic heterocycles. The topological polar surface area (TPSA) is 311 Å². The van der Waals surface area contributed by atoms with Gasteiger partial charge in [-0.3, -0.25) is 43.1 Å². The first-order chi connectivity index (χ1) is 24.0. The Hall–Kier alpha value is -4.21. The summed E-state index contributed by atoms with van der Waals surface area (Å²) in [5.41, 5.74) is 10.5. The van der Waals surface area contributed by atoms with Crippen LogP contribution < -0.4 is 22.6 Å². The van der Waals surface area contributed by atoms with Gasteiger partial charge in [0.25, 0.3) is 11.1 Å². The highest BCUT2D eigenvalue weighted by Gasteiger charge is 2.51. The SMILES string of the molecule is CC(=O)OC[C@H]1O[C@@H](n2c(=S)sc3c(=O)[nH]c(N)nc32)[C@H](OC(C)=O)[C@@H]1OC(C)=O.Nc1nc2c(sc(=S)n2[C@@H]2O[C@H](CO)[C@@H](O)[C@H]2O)c(=O)[nH]1. The quantitative estimate of drug-likeness (QED) is 0.0680. The molecular weight excluding hydrogens is 761 g/mol. The highest BCUT2D eigenvalue weighted by Crippen LogP contribution is 2.38. The van der Waals surface area contributed by atoms with Crippen LogP contribution >= 0.6 is 47.1 Å². The van der Waals surface area contributed by atoms with Gasteiger partial charge in [0.2, 0.25) is 11.9 Å².